The van der Waals surface area contributed by atoms with Crippen LogP contribution in [0.4, 0.5) is 0 Å². The fourth-order valence-corrected chi connectivity index (χ4v) is 3.91. The Hall–Kier alpha value is -2.94. The van der Waals surface area contributed by atoms with Gasteiger partial charge >= 0.3 is 0 Å². The number of hydrogen-bond acceptors (Lipinski definition) is 12. The molecule has 1 heterocycles. The second-order valence-electron chi connectivity index (χ2n) is 8.50. The molecule has 0 aliphatic carbocycles. The lowest BCUT2D eigenvalue weighted by molar-refractivity contribution is -0.277. The molecule has 0 saturated carbocycles. The van der Waals surface area contributed by atoms with E-state index >= 15 is 0 Å². The first-order valence-corrected chi connectivity index (χ1v) is 11.8. The van der Waals surface area contributed by atoms with Crippen molar-refractivity contribution in [2.24, 2.45) is 0 Å². The van der Waals surface area contributed by atoms with Gasteiger partial charge in [0.2, 0.25) is 6.29 Å². The second kappa shape index (κ2) is 13.7. The first-order chi connectivity index (χ1) is 18.3. The third-order valence-electron chi connectivity index (χ3n) is 6.03. The van der Waals surface area contributed by atoms with Crippen LogP contribution in [0.5, 0.6) is 23.0 Å². The first-order valence-electron chi connectivity index (χ1n) is 11.8. The molecule has 0 amide bonds. The predicted octanol–water partition coefficient (Wildman–Crippen LogP) is -0.639. The molecule has 7 N–H and O–H groups in total. The maximum Gasteiger partial charge on any atom is 0.229 e. The molecular formula is C26H34O12. The minimum absolute atomic E-state index is 0.0856. The van der Waals surface area contributed by atoms with Gasteiger partial charge in [0.1, 0.15) is 30.5 Å². The lowest BCUT2D eigenvalue weighted by atomic mass is 9.99. The number of hydrogen-bond donors (Lipinski definition) is 7. The Labute approximate surface area is 219 Å². The Morgan fingerprint density at radius 3 is 2.18 bits per heavy atom. The number of benzene rings is 2. The quantitative estimate of drug-likeness (QED) is 0.181. The minimum atomic E-state index is -1.62. The molecule has 1 aliphatic heterocycles. The van der Waals surface area contributed by atoms with Gasteiger partial charge in [0, 0.05) is 0 Å². The summed E-state index contributed by atoms with van der Waals surface area (Å²) in [6.45, 7) is -1.26. The molecule has 3 rings (SSSR count). The highest BCUT2D eigenvalue weighted by atomic mass is 16.7. The van der Waals surface area contributed by atoms with Crippen LogP contribution < -0.4 is 18.9 Å². The molecule has 210 valence electrons. The van der Waals surface area contributed by atoms with Gasteiger partial charge in [-0.05, 0) is 35.4 Å². The molecule has 12 heteroatoms. The van der Waals surface area contributed by atoms with Crippen molar-refractivity contribution < 1.29 is 59.4 Å². The summed E-state index contributed by atoms with van der Waals surface area (Å²) < 4.78 is 27.6. The topological polar surface area (TPSA) is 188 Å². The SMILES string of the molecule is COc1cc([C@H](O)[C@@H](CO)Oc2ccc(/C=C/CO)cc2OC)ccc1O[C@@H]1O[C@H](CO)[C@@H](O)[C@H](O)[C@H]1O. The van der Waals surface area contributed by atoms with Gasteiger partial charge in [0.15, 0.2) is 29.1 Å². The lowest BCUT2D eigenvalue weighted by Crippen LogP contribution is -2.60. The Morgan fingerprint density at radius 2 is 1.55 bits per heavy atom. The average molecular weight is 539 g/mol. The Kier molecular flexibility index (Phi) is 10.7. The number of aliphatic hydroxyl groups excluding tert-OH is 7. The van der Waals surface area contributed by atoms with Crippen LogP contribution in [0.25, 0.3) is 6.08 Å². The van der Waals surface area contributed by atoms with E-state index in [1.807, 2.05) is 0 Å². The van der Waals surface area contributed by atoms with E-state index in [0.717, 1.165) is 5.56 Å². The Bertz CT molecular complexity index is 1060. The number of aliphatic hydroxyl groups is 7. The first kappa shape index (κ1) is 29.6. The summed E-state index contributed by atoms with van der Waals surface area (Å²) in [5, 5.41) is 69.4. The molecule has 2 aromatic carbocycles. The average Bonchev–Trinajstić information content (AvgIpc) is 2.94. The molecule has 0 unspecified atom stereocenters. The van der Waals surface area contributed by atoms with Gasteiger partial charge < -0.3 is 59.4 Å². The maximum absolute atomic E-state index is 11.0. The molecule has 2 aromatic rings. The summed E-state index contributed by atoms with van der Waals surface area (Å²) >= 11 is 0. The fraction of sp³-hybridized carbons (Fsp3) is 0.462. The monoisotopic (exact) mass is 538 g/mol. The molecule has 1 aliphatic rings. The van der Waals surface area contributed by atoms with Gasteiger partial charge in [0.25, 0.3) is 0 Å². The molecular weight excluding hydrogens is 504 g/mol. The molecule has 1 fully saturated rings. The van der Waals surface area contributed by atoms with Gasteiger partial charge in [-0.25, -0.2) is 0 Å². The normalized spacial score (nSPS) is 25.1. The van der Waals surface area contributed by atoms with Crippen LogP contribution >= 0.6 is 0 Å². The minimum Gasteiger partial charge on any atom is -0.493 e. The van der Waals surface area contributed by atoms with E-state index in [9.17, 15) is 30.6 Å². The van der Waals surface area contributed by atoms with Crippen molar-refractivity contribution >= 4 is 6.08 Å². The largest absolute Gasteiger partial charge is 0.493 e. The third-order valence-corrected chi connectivity index (χ3v) is 6.03. The van der Waals surface area contributed by atoms with Crippen LogP contribution in [0, 0.1) is 0 Å². The lowest BCUT2D eigenvalue weighted by Gasteiger charge is -2.39. The van der Waals surface area contributed by atoms with E-state index < -0.39 is 56.1 Å². The van der Waals surface area contributed by atoms with E-state index in [1.165, 1.54) is 32.4 Å². The van der Waals surface area contributed by atoms with Crippen LogP contribution in [0.1, 0.15) is 17.2 Å². The van der Waals surface area contributed by atoms with Crippen molar-refractivity contribution in [1.82, 2.24) is 0 Å². The van der Waals surface area contributed by atoms with Gasteiger partial charge in [-0.2, -0.15) is 0 Å². The molecule has 12 nitrogen and oxygen atoms in total. The number of methoxy groups -OCH3 is 2. The standard InChI is InChI=1S/C26H34O12/c1-34-18-10-14(4-3-9-27)5-7-16(18)36-20(12-28)22(30)15-6-8-17(19(11-15)35-2)37-26-25(33)24(32)23(31)21(13-29)38-26/h3-8,10-11,20-33H,9,12-13H2,1-2H3/b4-3+/t20-,21-,22+,23-,24+,25-,26-/m1/s1. The van der Waals surface area contributed by atoms with Crippen LogP contribution in [0.15, 0.2) is 42.5 Å². The van der Waals surface area contributed by atoms with Gasteiger partial charge in [-0.15, -0.1) is 0 Å². The van der Waals surface area contributed by atoms with Gasteiger partial charge in [-0.3, -0.25) is 0 Å². The number of rotatable bonds is 12. The zero-order valence-electron chi connectivity index (χ0n) is 21.0. The Morgan fingerprint density at radius 1 is 0.868 bits per heavy atom. The highest BCUT2D eigenvalue weighted by Crippen LogP contribution is 2.36. The van der Waals surface area contributed by atoms with Crippen molar-refractivity contribution in [2.75, 3.05) is 34.0 Å². The van der Waals surface area contributed by atoms with E-state index in [1.54, 1.807) is 30.4 Å². The second-order valence-corrected chi connectivity index (χ2v) is 8.50. The highest BCUT2D eigenvalue weighted by molar-refractivity contribution is 5.56. The van der Waals surface area contributed by atoms with Crippen molar-refractivity contribution in [3.63, 3.8) is 0 Å². The third kappa shape index (κ3) is 6.73. The summed E-state index contributed by atoms with van der Waals surface area (Å²) in [6, 6.07) is 9.36. The van der Waals surface area contributed by atoms with E-state index in [2.05, 4.69) is 0 Å². The summed E-state index contributed by atoms with van der Waals surface area (Å²) in [5.74, 6) is 0.855. The fourth-order valence-electron chi connectivity index (χ4n) is 3.91. The van der Waals surface area contributed by atoms with Crippen molar-refractivity contribution in [3.05, 3.63) is 53.6 Å². The van der Waals surface area contributed by atoms with Crippen molar-refractivity contribution in [1.29, 1.82) is 0 Å². The highest BCUT2D eigenvalue weighted by Gasteiger charge is 2.45. The van der Waals surface area contributed by atoms with Crippen molar-refractivity contribution in [2.45, 2.75) is 42.9 Å². The number of ether oxygens (including phenoxy) is 5. The Balaban J connectivity index is 1.78. The molecule has 0 aromatic heterocycles. The van der Waals surface area contributed by atoms with E-state index in [4.69, 9.17) is 28.8 Å². The van der Waals surface area contributed by atoms with Crippen LogP contribution in [-0.2, 0) is 4.74 Å². The summed E-state index contributed by atoms with van der Waals surface area (Å²) in [6.07, 6.45) is -6.47. The molecule has 0 radical (unpaired) electrons. The molecule has 0 spiro atoms. The van der Waals surface area contributed by atoms with Gasteiger partial charge in [0.05, 0.1) is 34.0 Å². The molecule has 38 heavy (non-hydrogen) atoms. The van der Waals surface area contributed by atoms with E-state index in [-0.39, 0.29) is 23.9 Å². The molecule has 0 bridgehead atoms. The van der Waals surface area contributed by atoms with E-state index in [0.29, 0.717) is 11.3 Å². The zero-order valence-corrected chi connectivity index (χ0v) is 21.0. The maximum atomic E-state index is 11.0. The summed E-state index contributed by atoms with van der Waals surface area (Å²) in [5.41, 5.74) is 1.06. The van der Waals surface area contributed by atoms with Crippen LogP contribution in [0.2, 0.25) is 0 Å². The summed E-state index contributed by atoms with van der Waals surface area (Å²) in [4.78, 5) is 0. The molecule has 1 saturated heterocycles. The summed E-state index contributed by atoms with van der Waals surface area (Å²) in [7, 11) is 2.80. The molecule has 7 atom stereocenters. The van der Waals surface area contributed by atoms with Crippen LogP contribution in [-0.4, -0.2) is 107 Å². The van der Waals surface area contributed by atoms with Crippen molar-refractivity contribution in [3.8, 4) is 23.0 Å². The van der Waals surface area contributed by atoms with Gasteiger partial charge in [-0.1, -0.05) is 24.3 Å². The van der Waals surface area contributed by atoms with Crippen LogP contribution in [0.3, 0.4) is 0 Å². The zero-order chi connectivity index (χ0) is 27.8. The smallest absolute Gasteiger partial charge is 0.229 e. The predicted molar refractivity (Wildman–Crippen MR) is 133 cm³/mol.